The van der Waals surface area contributed by atoms with Gasteiger partial charge in [0.1, 0.15) is 0 Å². The zero-order valence-corrected chi connectivity index (χ0v) is 13.4. The lowest BCUT2D eigenvalue weighted by atomic mass is 9.93. The summed E-state index contributed by atoms with van der Waals surface area (Å²) in [6, 6.07) is 27.5. The van der Waals surface area contributed by atoms with Crippen molar-refractivity contribution in [3.63, 3.8) is 0 Å². The molecule has 1 heteroatoms. The minimum absolute atomic E-state index is 0.899. The molecule has 0 aliphatic rings. The molecule has 0 N–H and O–H groups in total. The molecule has 0 spiro atoms. The molecule has 0 atom stereocenters. The van der Waals surface area contributed by atoms with Crippen molar-refractivity contribution in [1.29, 1.82) is 0 Å². The third kappa shape index (κ3) is 2.81. The van der Waals surface area contributed by atoms with Crippen LogP contribution in [0.4, 0.5) is 0 Å². The van der Waals surface area contributed by atoms with Crippen LogP contribution in [0.25, 0.3) is 22.0 Å². The van der Waals surface area contributed by atoms with E-state index in [1.165, 1.54) is 27.6 Å². The lowest BCUT2D eigenvalue weighted by molar-refractivity contribution is 1.19. The molecular formula is C23H18N. The molecule has 0 saturated heterocycles. The third-order valence-corrected chi connectivity index (χ3v) is 4.34. The monoisotopic (exact) mass is 308 g/mol. The molecule has 24 heavy (non-hydrogen) atoms. The second-order valence-corrected chi connectivity index (χ2v) is 6.03. The molecule has 115 valence electrons. The van der Waals surface area contributed by atoms with Crippen molar-refractivity contribution in [3.05, 3.63) is 109 Å². The second-order valence-electron chi connectivity index (χ2n) is 6.03. The molecule has 4 aromatic rings. The molecule has 0 aliphatic carbocycles. The molecule has 0 bridgehead atoms. The maximum atomic E-state index is 4.48. The standard InChI is InChI=1S/C23H18N/c1-17-7-6-8-18(15-17)16-19-9-2-3-10-20(19)21-13-14-24-23-12-5-4-11-22(21)23/h2-15H,1,16H2. The first-order valence-electron chi connectivity index (χ1n) is 8.14. The summed E-state index contributed by atoms with van der Waals surface area (Å²) in [5.41, 5.74) is 7.20. The average Bonchev–Trinajstić information content (AvgIpc) is 2.62. The Balaban J connectivity index is 1.84. The van der Waals surface area contributed by atoms with E-state index in [1.54, 1.807) is 0 Å². The summed E-state index contributed by atoms with van der Waals surface area (Å²) in [7, 11) is 0. The Morgan fingerprint density at radius 3 is 2.50 bits per heavy atom. The normalized spacial score (nSPS) is 10.9. The number of fused-ring (bicyclic) bond motifs is 1. The van der Waals surface area contributed by atoms with Gasteiger partial charge >= 0.3 is 0 Å². The number of hydrogen-bond donors (Lipinski definition) is 0. The van der Waals surface area contributed by atoms with Crippen LogP contribution in [-0.4, -0.2) is 4.98 Å². The van der Waals surface area contributed by atoms with Crippen molar-refractivity contribution >= 4 is 10.9 Å². The summed E-state index contributed by atoms with van der Waals surface area (Å²) in [6.07, 6.45) is 2.79. The van der Waals surface area contributed by atoms with Crippen LogP contribution < -0.4 is 0 Å². The van der Waals surface area contributed by atoms with Gasteiger partial charge in [-0.05, 0) is 53.3 Å². The number of para-hydroxylation sites is 1. The molecule has 0 amide bonds. The van der Waals surface area contributed by atoms with Gasteiger partial charge in [-0.2, -0.15) is 0 Å². The Morgan fingerprint density at radius 2 is 1.58 bits per heavy atom. The van der Waals surface area contributed by atoms with Gasteiger partial charge in [-0.25, -0.2) is 0 Å². The summed E-state index contributed by atoms with van der Waals surface area (Å²) in [4.78, 5) is 4.48. The lowest BCUT2D eigenvalue weighted by Crippen LogP contribution is -1.94. The molecule has 0 fully saturated rings. The van der Waals surface area contributed by atoms with Crippen LogP contribution >= 0.6 is 0 Å². The van der Waals surface area contributed by atoms with Crippen LogP contribution in [0.2, 0.25) is 0 Å². The van der Waals surface area contributed by atoms with Crippen molar-refractivity contribution in [2.24, 2.45) is 0 Å². The Morgan fingerprint density at radius 1 is 0.750 bits per heavy atom. The number of hydrogen-bond acceptors (Lipinski definition) is 1. The highest BCUT2D eigenvalue weighted by Gasteiger charge is 2.09. The molecule has 1 aromatic heterocycles. The minimum atomic E-state index is 0.899. The van der Waals surface area contributed by atoms with Gasteiger partial charge < -0.3 is 0 Å². The molecule has 4 rings (SSSR count). The van der Waals surface area contributed by atoms with Crippen molar-refractivity contribution in [1.82, 2.24) is 4.98 Å². The zero-order chi connectivity index (χ0) is 16.4. The van der Waals surface area contributed by atoms with Gasteiger partial charge in [0.25, 0.3) is 0 Å². The highest BCUT2D eigenvalue weighted by atomic mass is 14.6. The van der Waals surface area contributed by atoms with Gasteiger partial charge in [0, 0.05) is 11.6 Å². The summed E-state index contributed by atoms with van der Waals surface area (Å²) < 4.78 is 0. The number of nitrogens with zero attached hydrogens (tertiary/aromatic N) is 1. The second kappa shape index (κ2) is 6.29. The Hall–Kier alpha value is -2.93. The minimum Gasteiger partial charge on any atom is -0.256 e. The number of benzene rings is 3. The third-order valence-electron chi connectivity index (χ3n) is 4.34. The summed E-state index contributed by atoms with van der Waals surface area (Å²) >= 11 is 0. The van der Waals surface area contributed by atoms with Gasteiger partial charge in [-0.1, -0.05) is 66.7 Å². The van der Waals surface area contributed by atoms with Crippen LogP contribution in [0.1, 0.15) is 16.7 Å². The van der Waals surface area contributed by atoms with Crippen molar-refractivity contribution in [2.75, 3.05) is 0 Å². The summed E-state index contributed by atoms with van der Waals surface area (Å²) in [6.45, 7) is 4.04. The van der Waals surface area contributed by atoms with Crippen molar-refractivity contribution < 1.29 is 0 Å². The molecule has 1 radical (unpaired) electrons. The van der Waals surface area contributed by atoms with E-state index in [0.29, 0.717) is 0 Å². The van der Waals surface area contributed by atoms with Crippen molar-refractivity contribution in [3.8, 4) is 11.1 Å². The average molecular weight is 308 g/mol. The van der Waals surface area contributed by atoms with E-state index in [9.17, 15) is 0 Å². The van der Waals surface area contributed by atoms with E-state index in [1.807, 2.05) is 18.3 Å². The highest BCUT2D eigenvalue weighted by molar-refractivity contribution is 5.95. The number of rotatable bonds is 3. The van der Waals surface area contributed by atoms with E-state index in [2.05, 4.69) is 78.6 Å². The lowest BCUT2D eigenvalue weighted by Gasteiger charge is -2.12. The van der Waals surface area contributed by atoms with Crippen LogP contribution in [0.5, 0.6) is 0 Å². The molecule has 1 heterocycles. The van der Waals surface area contributed by atoms with Crippen molar-refractivity contribution in [2.45, 2.75) is 6.42 Å². The van der Waals surface area contributed by atoms with E-state index in [0.717, 1.165) is 17.5 Å². The predicted molar refractivity (Wildman–Crippen MR) is 101 cm³/mol. The molecule has 1 nitrogen and oxygen atoms in total. The Kier molecular flexibility index (Phi) is 3.84. The fourth-order valence-electron chi connectivity index (χ4n) is 3.23. The molecule has 0 aliphatic heterocycles. The maximum Gasteiger partial charge on any atom is 0.0708 e. The van der Waals surface area contributed by atoms with Gasteiger partial charge in [0.2, 0.25) is 0 Å². The quantitative estimate of drug-likeness (QED) is 0.475. The van der Waals surface area contributed by atoms with Gasteiger partial charge in [-0.3, -0.25) is 4.98 Å². The molecule has 3 aromatic carbocycles. The molecule has 0 unspecified atom stereocenters. The number of aromatic nitrogens is 1. The van der Waals surface area contributed by atoms with Crippen LogP contribution in [0, 0.1) is 6.92 Å². The van der Waals surface area contributed by atoms with Gasteiger partial charge in [0.15, 0.2) is 0 Å². The Bertz CT molecular complexity index is 996. The van der Waals surface area contributed by atoms with E-state index < -0.39 is 0 Å². The van der Waals surface area contributed by atoms with E-state index in [4.69, 9.17) is 0 Å². The van der Waals surface area contributed by atoms with E-state index >= 15 is 0 Å². The van der Waals surface area contributed by atoms with Crippen LogP contribution in [0.15, 0.2) is 85.1 Å². The highest BCUT2D eigenvalue weighted by Crippen LogP contribution is 2.31. The first-order chi connectivity index (χ1) is 11.8. The molecule has 0 saturated carbocycles. The molecular weight excluding hydrogens is 290 g/mol. The first kappa shape index (κ1) is 14.6. The topological polar surface area (TPSA) is 12.9 Å². The first-order valence-corrected chi connectivity index (χ1v) is 8.14. The fourth-order valence-corrected chi connectivity index (χ4v) is 3.23. The van der Waals surface area contributed by atoms with Gasteiger partial charge in [0.05, 0.1) is 5.52 Å². The van der Waals surface area contributed by atoms with Gasteiger partial charge in [-0.15, -0.1) is 0 Å². The largest absolute Gasteiger partial charge is 0.256 e. The predicted octanol–water partition coefficient (Wildman–Crippen LogP) is 5.67. The summed E-state index contributed by atoms with van der Waals surface area (Å²) in [5.74, 6) is 0. The summed E-state index contributed by atoms with van der Waals surface area (Å²) in [5, 5.41) is 1.19. The van der Waals surface area contributed by atoms with Crippen LogP contribution in [0.3, 0.4) is 0 Å². The smallest absolute Gasteiger partial charge is 0.0708 e. The van der Waals surface area contributed by atoms with Crippen LogP contribution in [-0.2, 0) is 6.42 Å². The number of pyridine rings is 1. The Labute approximate surface area is 142 Å². The zero-order valence-electron chi connectivity index (χ0n) is 13.4. The SMILES string of the molecule is [CH2]c1cccc(Cc2ccccc2-c2ccnc3ccccc23)c1. The maximum absolute atomic E-state index is 4.48. The fraction of sp³-hybridized carbons (Fsp3) is 0.0435. The van der Waals surface area contributed by atoms with E-state index in [-0.39, 0.29) is 0 Å².